The van der Waals surface area contributed by atoms with Gasteiger partial charge in [0.2, 0.25) is 0 Å². The summed E-state index contributed by atoms with van der Waals surface area (Å²) in [6.45, 7) is 0. The van der Waals surface area contributed by atoms with Crippen molar-refractivity contribution in [3.05, 3.63) is 0 Å². The zero-order chi connectivity index (χ0) is 4.99. The molecular formula is CH4N2O2S. The van der Waals surface area contributed by atoms with Crippen molar-refractivity contribution < 1.29 is 9.63 Å². The molecule has 0 aromatic rings. The largest absolute Gasteiger partial charge is 0.435 e. The number of carbonyl (C=O) groups is 1. The first-order valence-corrected chi connectivity index (χ1v) is 1.56. The van der Waals surface area contributed by atoms with Crippen LogP contribution in [0.15, 0.2) is 0 Å². The van der Waals surface area contributed by atoms with Crippen molar-refractivity contribution in [1.82, 2.24) is 4.72 Å². The maximum atomic E-state index is 9.65. The molecule has 0 radical (unpaired) electrons. The Morgan fingerprint density at radius 3 is 2.50 bits per heavy atom. The summed E-state index contributed by atoms with van der Waals surface area (Å²) in [5.74, 6) is 4.32. The molecule has 0 heterocycles. The first-order chi connectivity index (χ1) is 2.81. The molecule has 6 heavy (non-hydrogen) atoms. The van der Waals surface area contributed by atoms with E-state index in [-0.39, 0.29) is 0 Å². The molecule has 0 aliphatic carbocycles. The summed E-state index contributed by atoms with van der Waals surface area (Å²) in [6.07, 6.45) is -0.765. The van der Waals surface area contributed by atoms with E-state index in [1.54, 1.807) is 0 Å². The molecule has 0 bridgehead atoms. The number of thiol groups is 1. The van der Waals surface area contributed by atoms with Crippen molar-refractivity contribution >= 4 is 18.9 Å². The van der Waals surface area contributed by atoms with Gasteiger partial charge in [-0.2, -0.15) is 5.90 Å². The molecule has 0 saturated carbocycles. The first-order valence-electron chi connectivity index (χ1n) is 1.12. The molecule has 36 valence electrons. The van der Waals surface area contributed by atoms with E-state index in [0.29, 0.717) is 0 Å². The van der Waals surface area contributed by atoms with Gasteiger partial charge >= 0.3 is 6.09 Å². The Kier molecular flexibility index (Phi) is 2.60. The number of carbonyl (C=O) groups excluding carboxylic acids is 1. The molecule has 0 spiro atoms. The fourth-order valence-corrected chi connectivity index (χ4v) is 0.0791. The minimum Gasteiger partial charge on any atom is -0.356 e. The third-order valence-corrected chi connectivity index (χ3v) is 0.381. The molecule has 5 heteroatoms. The number of nitrogens with one attached hydrogen (secondary N) is 1. The van der Waals surface area contributed by atoms with E-state index >= 15 is 0 Å². The van der Waals surface area contributed by atoms with Crippen molar-refractivity contribution in [2.45, 2.75) is 0 Å². The summed E-state index contributed by atoms with van der Waals surface area (Å²) in [6, 6.07) is 0. The van der Waals surface area contributed by atoms with Crippen molar-refractivity contribution in [2.24, 2.45) is 5.90 Å². The van der Waals surface area contributed by atoms with Crippen molar-refractivity contribution in [1.29, 1.82) is 0 Å². The van der Waals surface area contributed by atoms with Gasteiger partial charge < -0.3 is 4.84 Å². The Balaban J connectivity index is 2.99. The molecule has 3 N–H and O–H groups in total. The summed E-state index contributed by atoms with van der Waals surface area (Å²) in [7, 11) is 0. The molecule has 4 nitrogen and oxygen atoms in total. The fourth-order valence-electron chi connectivity index (χ4n) is 0.0264. The monoisotopic (exact) mass is 108 g/mol. The summed E-state index contributed by atoms with van der Waals surface area (Å²) in [5, 5.41) is 0. The third kappa shape index (κ3) is 1.86. The van der Waals surface area contributed by atoms with E-state index in [0.717, 1.165) is 0 Å². The smallest absolute Gasteiger partial charge is 0.356 e. The highest BCUT2D eigenvalue weighted by atomic mass is 32.1. The van der Waals surface area contributed by atoms with Gasteiger partial charge in [-0.15, -0.1) is 0 Å². The number of rotatable bonds is 0. The van der Waals surface area contributed by atoms with E-state index in [1.165, 1.54) is 0 Å². The van der Waals surface area contributed by atoms with Crippen LogP contribution in [0.25, 0.3) is 0 Å². The van der Waals surface area contributed by atoms with Gasteiger partial charge in [-0.05, 0) is 0 Å². The third-order valence-electron chi connectivity index (χ3n) is 0.198. The van der Waals surface area contributed by atoms with Crippen LogP contribution in [0.3, 0.4) is 0 Å². The molecule has 1 amide bonds. The second kappa shape index (κ2) is 2.80. The highest BCUT2D eigenvalue weighted by molar-refractivity contribution is 7.78. The zero-order valence-corrected chi connectivity index (χ0v) is 3.74. The van der Waals surface area contributed by atoms with Crippen molar-refractivity contribution in [2.75, 3.05) is 0 Å². The first kappa shape index (κ1) is 5.58. The Labute approximate surface area is 40.1 Å². The predicted octanol–water partition coefficient (Wildman–Crippen LogP) is -0.569. The van der Waals surface area contributed by atoms with Gasteiger partial charge in [0.25, 0.3) is 0 Å². The molecule has 0 aromatic carbocycles. The SMILES string of the molecule is NOC(=O)NS. The van der Waals surface area contributed by atoms with Crippen LogP contribution >= 0.6 is 12.8 Å². The summed E-state index contributed by atoms with van der Waals surface area (Å²) < 4.78 is 1.82. The van der Waals surface area contributed by atoms with Crippen LogP contribution in [-0.4, -0.2) is 6.09 Å². The average Bonchev–Trinajstić information content (AvgIpc) is 1.65. The lowest BCUT2D eigenvalue weighted by atomic mass is 11.3. The molecule has 0 aliphatic heterocycles. The van der Waals surface area contributed by atoms with Gasteiger partial charge in [0, 0.05) is 0 Å². The van der Waals surface area contributed by atoms with Crippen molar-refractivity contribution in [3.8, 4) is 0 Å². The van der Waals surface area contributed by atoms with E-state index in [9.17, 15) is 4.79 Å². The van der Waals surface area contributed by atoms with Gasteiger partial charge in [-0.25, -0.2) is 4.79 Å². The fraction of sp³-hybridized carbons (Fsp3) is 0. The molecule has 0 saturated heterocycles. The van der Waals surface area contributed by atoms with Crippen LogP contribution in [0.1, 0.15) is 0 Å². The molecule has 0 unspecified atom stereocenters. The van der Waals surface area contributed by atoms with Crippen LogP contribution in [-0.2, 0) is 4.84 Å². The minimum absolute atomic E-state index is 0.765. The number of hydrogen-bond acceptors (Lipinski definition) is 4. The maximum absolute atomic E-state index is 9.65. The van der Waals surface area contributed by atoms with Crippen LogP contribution in [0.5, 0.6) is 0 Å². The molecule has 0 aromatic heterocycles. The van der Waals surface area contributed by atoms with Gasteiger partial charge in [0.1, 0.15) is 0 Å². The molecule has 0 fully saturated rings. The Bertz CT molecular complexity index is 49.5. The van der Waals surface area contributed by atoms with E-state index in [2.05, 4.69) is 23.5 Å². The second-order valence-electron chi connectivity index (χ2n) is 0.517. The molecular weight excluding hydrogens is 104 g/mol. The summed E-state index contributed by atoms with van der Waals surface area (Å²) in [4.78, 5) is 13.2. The lowest BCUT2D eigenvalue weighted by Gasteiger charge is -1.88. The topological polar surface area (TPSA) is 64.3 Å². The van der Waals surface area contributed by atoms with Gasteiger partial charge in [0.05, 0.1) is 0 Å². The van der Waals surface area contributed by atoms with Gasteiger partial charge in [-0.1, -0.05) is 12.8 Å². The lowest BCUT2D eigenvalue weighted by Crippen LogP contribution is -2.17. The number of amides is 1. The van der Waals surface area contributed by atoms with Crippen LogP contribution < -0.4 is 10.6 Å². The Hall–Kier alpha value is -0.420. The predicted molar refractivity (Wildman–Crippen MR) is 22.8 cm³/mol. The molecule has 0 rings (SSSR count). The second-order valence-corrected chi connectivity index (χ2v) is 0.741. The standard InChI is InChI=1S/CH4N2O2S/c2-5-1(4)3-6/h6H,2H2,(H,3,4). The minimum atomic E-state index is -0.765. The highest BCUT2D eigenvalue weighted by Crippen LogP contribution is 1.65. The average molecular weight is 108 g/mol. The number of hydrogen-bond donors (Lipinski definition) is 3. The summed E-state index contributed by atoms with van der Waals surface area (Å²) >= 11 is 3.29. The van der Waals surface area contributed by atoms with Crippen LogP contribution in [0, 0.1) is 0 Å². The highest BCUT2D eigenvalue weighted by Gasteiger charge is 1.87. The van der Waals surface area contributed by atoms with Gasteiger partial charge in [-0.3, -0.25) is 4.72 Å². The Morgan fingerprint density at radius 2 is 2.50 bits per heavy atom. The van der Waals surface area contributed by atoms with E-state index in [4.69, 9.17) is 0 Å². The molecule has 0 aliphatic rings. The Morgan fingerprint density at radius 1 is 2.00 bits per heavy atom. The zero-order valence-electron chi connectivity index (χ0n) is 2.84. The van der Waals surface area contributed by atoms with E-state index in [1.807, 2.05) is 4.72 Å². The maximum Gasteiger partial charge on any atom is 0.435 e. The van der Waals surface area contributed by atoms with E-state index < -0.39 is 6.09 Å². The van der Waals surface area contributed by atoms with Crippen molar-refractivity contribution in [3.63, 3.8) is 0 Å². The number of nitrogens with two attached hydrogens (primary N) is 1. The quantitative estimate of drug-likeness (QED) is 0.287. The van der Waals surface area contributed by atoms with Crippen LogP contribution in [0.4, 0.5) is 4.79 Å². The summed E-state index contributed by atoms with van der Waals surface area (Å²) in [5.41, 5.74) is 0. The molecule has 0 atom stereocenters. The van der Waals surface area contributed by atoms with Gasteiger partial charge in [0.15, 0.2) is 0 Å². The van der Waals surface area contributed by atoms with Crippen LogP contribution in [0.2, 0.25) is 0 Å². The normalized spacial score (nSPS) is 7.00. The lowest BCUT2D eigenvalue weighted by molar-refractivity contribution is 0.155.